The number of rotatable bonds is 1. The fourth-order valence-electron chi connectivity index (χ4n) is 4.82. The molecule has 0 fully saturated rings. The summed E-state index contributed by atoms with van der Waals surface area (Å²) in [5.74, 6) is 0. The van der Waals surface area contributed by atoms with Gasteiger partial charge in [0.1, 0.15) is 0 Å². The predicted molar refractivity (Wildman–Crippen MR) is 132 cm³/mol. The van der Waals surface area contributed by atoms with Crippen LogP contribution in [-0.4, -0.2) is 4.98 Å². The second-order valence-corrected chi connectivity index (χ2v) is 8.87. The molecule has 0 bridgehead atoms. The summed E-state index contributed by atoms with van der Waals surface area (Å²) >= 11 is 1.92. The van der Waals surface area contributed by atoms with Crippen LogP contribution in [0.1, 0.15) is 0 Å². The molecule has 0 aliphatic rings. The number of thiophene rings is 1. The van der Waals surface area contributed by atoms with E-state index in [1.54, 1.807) is 0 Å². The van der Waals surface area contributed by atoms with Crippen LogP contribution in [0, 0.1) is 0 Å². The smallest absolute Gasteiger partial charge is 0.0559 e. The molecule has 0 amide bonds. The number of hydrogen-bond donors (Lipinski definition) is 1. The van der Waals surface area contributed by atoms with Gasteiger partial charge >= 0.3 is 0 Å². The molecule has 7 rings (SSSR count). The number of benzene rings is 5. The van der Waals surface area contributed by atoms with Gasteiger partial charge in [0.15, 0.2) is 0 Å². The van der Waals surface area contributed by atoms with E-state index in [4.69, 9.17) is 0 Å². The van der Waals surface area contributed by atoms with Crippen LogP contribution in [0.5, 0.6) is 0 Å². The Hall–Kier alpha value is -3.62. The Morgan fingerprint density at radius 3 is 2.23 bits per heavy atom. The summed E-state index contributed by atoms with van der Waals surface area (Å²) in [6, 6.07) is 35.1. The van der Waals surface area contributed by atoms with Gasteiger partial charge in [-0.25, -0.2) is 0 Å². The number of H-pyrrole nitrogens is 1. The molecule has 0 aliphatic carbocycles. The molecule has 0 unspecified atom stereocenters. The topological polar surface area (TPSA) is 15.8 Å². The molecular weight excluding hydrogens is 382 g/mol. The van der Waals surface area contributed by atoms with Gasteiger partial charge in [-0.05, 0) is 28.5 Å². The van der Waals surface area contributed by atoms with Crippen molar-refractivity contribution in [2.75, 3.05) is 0 Å². The number of hydrogen-bond acceptors (Lipinski definition) is 1. The fraction of sp³-hybridized carbons (Fsp3) is 0. The lowest BCUT2D eigenvalue weighted by atomic mass is 9.98. The molecule has 2 aromatic heterocycles. The average Bonchev–Trinajstić information content (AvgIpc) is 3.38. The van der Waals surface area contributed by atoms with Gasteiger partial charge in [-0.1, -0.05) is 84.9 Å². The van der Waals surface area contributed by atoms with E-state index in [1.165, 1.54) is 63.9 Å². The van der Waals surface area contributed by atoms with Gasteiger partial charge in [-0.3, -0.25) is 0 Å². The maximum atomic E-state index is 3.73. The molecule has 0 saturated carbocycles. The zero-order chi connectivity index (χ0) is 19.7. The van der Waals surface area contributed by atoms with E-state index < -0.39 is 0 Å². The highest BCUT2D eigenvalue weighted by molar-refractivity contribution is 7.27. The van der Waals surface area contributed by atoms with Crippen LogP contribution < -0.4 is 0 Å². The Kier molecular flexibility index (Phi) is 3.21. The van der Waals surface area contributed by atoms with Crippen molar-refractivity contribution in [2.45, 2.75) is 0 Å². The SMILES string of the molecule is c1ccc(-c2cc3c4ccccc4[nH]c3c3c2sc2c4ccccc4ccc23)cc1. The van der Waals surface area contributed by atoms with Gasteiger partial charge in [-0.2, -0.15) is 0 Å². The summed E-state index contributed by atoms with van der Waals surface area (Å²) in [7, 11) is 0. The van der Waals surface area contributed by atoms with E-state index in [2.05, 4.69) is 102 Å². The van der Waals surface area contributed by atoms with E-state index in [0.717, 1.165) is 0 Å². The lowest BCUT2D eigenvalue weighted by Crippen LogP contribution is -1.80. The maximum Gasteiger partial charge on any atom is 0.0559 e. The Balaban J connectivity index is 1.78. The quantitative estimate of drug-likeness (QED) is 0.285. The standard InChI is InChI=1S/C28H17NS/c1-2-8-17(9-3-1)22-16-23-20-12-6-7-13-24(20)29-26(23)25-21-15-14-18-10-4-5-11-19(18)27(21)30-28(22)25/h1-16,29H. The molecule has 0 spiro atoms. The molecule has 0 atom stereocenters. The van der Waals surface area contributed by atoms with Crippen molar-refractivity contribution in [3.63, 3.8) is 0 Å². The number of aromatic amines is 1. The van der Waals surface area contributed by atoms with Crippen LogP contribution in [0.4, 0.5) is 0 Å². The van der Waals surface area contributed by atoms with Gasteiger partial charge in [0.2, 0.25) is 0 Å². The Bertz CT molecular complexity index is 1740. The summed E-state index contributed by atoms with van der Waals surface area (Å²) in [5, 5.41) is 7.89. The van der Waals surface area contributed by atoms with Crippen molar-refractivity contribution in [2.24, 2.45) is 0 Å². The lowest BCUT2D eigenvalue weighted by Gasteiger charge is -2.06. The van der Waals surface area contributed by atoms with E-state index in [0.29, 0.717) is 0 Å². The van der Waals surface area contributed by atoms with Gasteiger partial charge in [0.25, 0.3) is 0 Å². The van der Waals surface area contributed by atoms with Gasteiger partial charge in [0, 0.05) is 42.0 Å². The van der Waals surface area contributed by atoms with Crippen LogP contribution in [-0.2, 0) is 0 Å². The Morgan fingerprint density at radius 2 is 1.33 bits per heavy atom. The fourth-order valence-corrected chi connectivity index (χ4v) is 6.20. The molecule has 0 radical (unpaired) electrons. The van der Waals surface area contributed by atoms with Crippen molar-refractivity contribution in [3.8, 4) is 11.1 Å². The first-order valence-corrected chi connectivity index (χ1v) is 11.0. The van der Waals surface area contributed by atoms with E-state index >= 15 is 0 Å². The second-order valence-electron chi connectivity index (χ2n) is 7.85. The van der Waals surface area contributed by atoms with Crippen molar-refractivity contribution in [3.05, 3.63) is 97.1 Å². The zero-order valence-electron chi connectivity index (χ0n) is 16.1. The van der Waals surface area contributed by atoms with E-state index in [1.807, 2.05) is 11.3 Å². The minimum atomic E-state index is 1.19. The summed E-state index contributed by atoms with van der Waals surface area (Å²) in [4.78, 5) is 3.73. The molecule has 0 aliphatic heterocycles. The first-order chi connectivity index (χ1) is 14.9. The van der Waals surface area contributed by atoms with Crippen LogP contribution in [0.25, 0.3) is 63.9 Å². The molecule has 0 saturated heterocycles. The predicted octanol–water partition coefficient (Wildman–Crippen LogP) is 8.51. The third kappa shape index (κ3) is 2.11. The summed E-state index contributed by atoms with van der Waals surface area (Å²) in [5.41, 5.74) is 5.02. The molecule has 2 heterocycles. The van der Waals surface area contributed by atoms with E-state index in [9.17, 15) is 0 Å². The Labute approximate surface area is 177 Å². The first-order valence-electron chi connectivity index (χ1n) is 10.2. The highest BCUT2D eigenvalue weighted by atomic mass is 32.1. The molecule has 5 aromatic carbocycles. The molecule has 1 N–H and O–H groups in total. The molecular formula is C28H17NS. The van der Waals surface area contributed by atoms with Crippen LogP contribution in [0.15, 0.2) is 97.1 Å². The van der Waals surface area contributed by atoms with Gasteiger partial charge in [0.05, 0.1) is 5.52 Å². The molecule has 2 heteroatoms. The van der Waals surface area contributed by atoms with Crippen molar-refractivity contribution < 1.29 is 0 Å². The third-order valence-corrected chi connectivity index (χ3v) is 7.47. The maximum absolute atomic E-state index is 3.73. The lowest BCUT2D eigenvalue weighted by molar-refractivity contribution is 1.57. The number of para-hydroxylation sites is 1. The number of fused-ring (bicyclic) bond motifs is 9. The van der Waals surface area contributed by atoms with Crippen molar-refractivity contribution in [1.82, 2.24) is 4.98 Å². The third-order valence-electron chi connectivity index (χ3n) is 6.19. The van der Waals surface area contributed by atoms with Gasteiger partial charge in [-0.15, -0.1) is 11.3 Å². The minimum Gasteiger partial charge on any atom is -0.354 e. The summed E-state index contributed by atoms with van der Waals surface area (Å²) in [6.45, 7) is 0. The monoisotopic (exact) mass is 399 g/mol. The van der Waals surface area contributed by atoms with Gasteiger partial charge < -0.3 is 4.98 Å². The van der Waals surface area contributed by atoms with Crippen molar-refractivity contribution >= 4 is 64.1 Å². The second kappa shape index (κ2) is 5.94. The van der Waals surface area contributed by atoms with Crippen LogP contribution in [0.2, 0.25) is 0 Å². The molecule has 30 heavy (non-hydrogen) atoms. The summed E-state index contributed by atoms with van der Waals surface area (Å²) in [6.07, 6.45) is 0. The van der Waals surface area contributed by atoms with Crippen LogP contribution in [0.3, 0.4) is 0 Å². The zero-order valence-corrected chi connectivity index (χ0v) is 17.0. The average molecular weight is 400 g/mol. The van der Waals surface area contributed by atoms with Crippen molar-refractivity contribution in [1.29, 1.82) is 0 Å². The highest BCUT2D eigenvalue weighted by Gasteiger charge is 2.18. The Morgan fingerprint density at radius 1 is 0.567 bits per heavy atom. The number of nitrogens with one attached hydrogen (secondary N) is 1. The van der Waals surface area contributed by atoms with E-state index in [-0.39, 0.29) is 0 Å². The number of aromatic nitrogens is 1. The van der Waals surface area contributed by atoms with Crippen LogP contribution >= 0.6 is 11.3 Å². The normalized spacial score (nSPS) is 12.0. The highest BCUT2D eigenvalue weighted by Crippen LogP contribution is 2.47. The molecule has 7 aromatic rings. The molecule has 140 valence electrons. The minimum absolute atomic E-state index is 1.19. The largest absolute Gasteiger partial charge is 0.354 e. The summed E-state index contributed by atoms with van der Waals surface area (Å²) < 4.78 is 2.72. The molecule has 1 nitrogen and oxygen atoms in total. The first kappa shape index (κ1) is 16.2.